The van der Waals surface area contributed by atoms with Crippen molar-refractivity contribution < 1.29 is 26.4 Å². The van der Waals surface area contributed by atoms with Crippen LogP contribution in [-0.2, 0) is 16.2 Å². The number of hydrogen-bond donors (Lipinski definition) is 2. The van der Waals surface area contributed by atoms with E-state index in [1.807, 2.05) is 0 Å². The Bertz CT molecular complexity index is 1400. The number of amides is 1. The predicted octanol–water partition coefficient (Wildman–Crippen LogP) is 5.29. The number of pyridine rings is 1. The molecule has 0 unspecified atom stereocenters. The summed E-state index contributed by atoms with van der Waals surface area (Å²) in [6.07, 6.45) is -3.05. The minimum atomic E-state index is -4.65. The average molecular weight is 515 g/mol. The number of sulfonamides is 1. The van der Waals surface area contributed by atoms with E-state index in [2.05, 4.69) is 15.0 Å². The lowest BCUT2D eigenvalue weighted by Crippen LogP contribution is -2.12. The standard InChI is InChI=1S/C20H14ClF3N4O3S2/c1-10-16(18-11(8-25)3-12(9-26-18)20(22,23)24)7-17(32-10)19(29)27-14-4-13(21)5-15(6-14)28-33(2,30)31/h3-7,9,28H,1-2H3,(H,27,29). The molecule has 0 fully saturated rings. The Hall–Kier alpha value is -3.14. The number of halogens is 4. The average Bonchev–Trinajstić information content (AvgIpc) is 3.06. The summed E-state index contributed by atoms with van der Waals surface area (Å²) in [7, 11) is -3.57. The Labute approximate surface area is 195 Å². The van der Waals surface area contributed by atoms with Gasteiger partial charge in [-0.05, 0) is 37.3 Å². The molecule has 1 amide bonds. The first-order chi connectivity index (χ1) is 15.3. The van der Waals surface area contributed by atoms with Gasteiger partial charge in [-0.3, -0.25) is 14.5 Å². The van der Waals surface area contributed by atoms with Crippen molar-refractivity contribution in [2.75, 3.05) is 16.3 Å². The van der Waals surface area contributed by atoms with Crippen molar-refractivity contribution in [2.45, 2.75) is 13.1 Å². The maximum absolute atomic E-state index is 12.9. The maximum Gasteiger partial charge on any atom is 0.417 e. The Morgan fingerprint density at radius 1 is 1.18 bits per heavy atom. The number of carbonyl (C=O) groups excluding carboxylic acids is 1. The molecule has 0 radical (unpaired) electrons. The normalized spacial score (nSPS) is 11.7. The van der Waals surface area contributed by atoms with Gasteiger partial charge in [0.05, 0.1) is 33.6 Å². The molecular weight excluding hydrogens is 501 g/mol. The van der Waals surface area contributed by atoms with E-state index in [0.29, 0.717) is 22.7 Å². The van der Waals surface area contributed by atoms with Gasteiger partial charge in [-0.1, -0.05) is 11.6 Å². The first-order valence-corrected chi connectivity index (χ1v) is 12.0. The van der Waals surface area contributed by atoms with Gasteiger partial charge in [0.15, 0.2) is 0 Å². The van der Waals surface area contributed by atoms with Crippen molar-refractivity contribution in [1.29, 1.82) is 5.26 Å². The maximum atomic E-state index is 12.9. The van der Waals surface area contributed by atoms with E-state index in [0.717, 1.165) is 17.6 Å². The van der Waals surface area contributed by atoms with Crippen LogP contribution < -0.4 is 10.0 Å². The molecule has 7 nitrogen and oxygen atoms in total. The Morgan fingerprint density at radius 3 is 2.45 bits per heavy atom. The number of anilines is 2. The quantitative estimate of drug-likeness (QED) is 0.480. The summed E-state index contributed by atoms with van der Waals surface area (Å²) in [6, 6.07) is 8.00. The molecule has 0 saturated heterocycles. The number of nitrogens with one attached hydrogen (secondary N) is 2. The van der Waals surface area contributed by atoms with Crippen molar-refractivity contribution in [2.24, 2.45) is 0 Å². The van der Waals surface area contributed by atoms with Crippen LogP contribution in [0.5, 0.6) is 0 Å². The Balaban J connectivity index is 1.91. The van der Waals surface area contributed by atoms with E-state index >= 15 is 0 Å². The molecule has 2 N–H and O–H groups in total. The van der Waals surface area contributed by atoms with Crippen LogP contribution >= 0.6 is 22.9 Å². The van der Waals surface area contributed by atoms with Crippen molar-refractivity contribution in [3.8, 4) is 17.3 Å². The molecule has 0 spiro atoms. The monoisotopic (exact) mass is 514 g/mol. The molecule has 3 aromatic rings. The van der Waals surface area contributed by atoms with Crippen LogP contribution in [-0.4, -0.2) is 25.6 Å². The second-order valence-corrected chi connectivity index (χ2v) is 10.3. The van der Waals surface area contributed by atoms with E-state index in [9.17, 15) is 31.6 Å². The second-order valence-electron chi connectivity index (χ2n) is 6.87. The highest BCUT2D eigenvalue weighted by atomic mass is 35.5. The molecule has 0 aliphatic rings. The van der Waals surface area contributed by atoms with Gasteiger partial charge in [0.25, 0.3) is 5.91 Å². The van der Waals surface area contributed by atoms with Gasteiger partial charge >= 0.3 is 6.18 Å². The third-order valence-corrected chi connectivity index (χ3v) is 6.07. The van der Waals surface area contributed by atoms with E-state index in [-0.39, 0.29) is 32.5 Å². The fourth-order valence-electron chi connectivity index (χ4n) is 2.88. The molecule has 3 rings (SSSR count). The lowest BCUT2D eigenvalue weighted by Gasteiger charge is -2.09. The van der Waals surface area contributed by atoms with Crippen LogP contribution in [0.3, 0.4) is 0 Å². The predicted molar refractivity (Wildman–Crippen MR) is 120 cm³/mol. The number of alkyl halides is 3. The number of aryl methyl sites for hydroxylation is 1. The highest BCUT2D eigenvalue weighted by molar-refractivity contribution is 7.92. The molecule has 2 aromatic heterocycles. The molecule has 0 saturated carbocycles. The largest absolute Gasteiger partial charge is 0.417 e. The molecule has 172 valence electrons. The first kappa shape index (κ1) is 24.5. The summed E-state index contributed by atoms with van der Waals surface area (Å²) in [5, 5.41) is 12.1. The summed E-state index contributed by atoms with van der Waals surface area (Å²) in [5.74, 6) is -0.563. The summed E-state index contributed by atoms with van der Waals surface area (Å²) >= 11 is 7.05. The van der Waals surface area contributed by atoms with Gasteiger partial charge in [0.2, 0.25) is 10.0 Å². The molecule has 0 aliphatic carbocycles. The van der Waals surface area contributed by atoms with Gasteiger partial charge in [-0.25, -0.2) is 8.42 Å². The van der Waals surface area contributed by atoms with Crippen molar-refractivity contribution in [3.63, 3.8) is 0 Å². The van der Waals surface area contributed by atoms with Crippen LogP contribution in [0.25, 0.3) is 11.3 Å². The topological polar surface area (TPSA) is 112 Å². The van der Waals surface area contributed by atoms with Crippen molar-refractivity contribution in [3.05, 3.63) is 62.4 Å². The van der Waals surface area contributed by atoms with E-state index in [1.54, 1.807) is 13.0 Å². The first-order valence-electron chi connectivity index (χ1n) is 8.94. The van der Waals surface area contributed by atoms with Gasteiger partial charge in [-0.2, -0.15) is 18.4 Å². The third kappa shape index (κ3) is 6.01. The highest BCUT2D eigenvalue weighted by Gasteiger charge is 2.32. The number of thiophene rings is 1. The summed E-state index contributed by atoms with van der Waals surface area (Å²) in [5.41, 5.74) is -0.577. The lowest BCUT2D eigenvalue weighted by molar-refractivity contribution is -0.137. The summed E-state index contributed by atoms with van der Waals surface area (Å²) in [4.78, 5) is 17.3. The Morgan fingerprint density at radius 2 is 1.85 bits per heavy atom. The zero-order valence-electron chi connectivity index (χ0n) is 16.9. The third-order valence-electron chi connectivity index (χ3n) is 4.19. The van der Waals surface area contributed by atoms with E-state index in [4.69, 9.17) is 11.6 Å². The molecule has 0 aliphatic heterocycles. The van der Waals surface area contributed by atoms with Gasteiger partial charge in [0, 0.05) is 27.3 Å². The zero-order chi connectivity index (χ0) is 24.6. The number of carbonyl (C=O) groups is 1. The number of aromatic nitrogens is 1. The Kier molecular flexibility index (Phi) is 6.69. The molecule has 1 aromatic carbocycles. The van der Waals surface area contributed by atoms with Crippen LogP contribution in [0.15, 0.2) is 36.5 Å². The van der Waals surface area contributed by atoms with Gasteiger partial charge < -0.3 is 5.32 Å². The highest BCUT2D eigenvalue weighted by Crippen LogP contribution is 2.35. The smallest absolute Gasteiger partial charge is 0.321 e. The molecular formula is C20H14ClF3N4O3S2. The van der Waals surface area contributed by atoms with E-state index in [1.165, 1.54) is 24.3 Å². The number of hydrogen-bond acceptors (Lipinski definition) is 6. The number of nitriles is 1. The zero-order valence-corrected chi connectivity index (χ0v) is 19.3. The molecule has 0 bridgehead atoms. The summed E-state index contributed by atoms with van der Waals surface area (Å²) < 4.78 is 63.9. The van der Waals surface area contributed by atoms with Gasteiger partial charge in [0.1, 0.15) is 6.07 Å². The van der Waals surface area contributed by atoms with Crippen molar-refractivity contribution >= 4 is 50.2 Å². The minimum Gasteiger partial charge on any atom is -0.321 e. The molecule has 13 heteroatoms. The minimum absolute atomic E-state index is 0.0284. The fraction of sp³-hybridized carbons (Fsp3) is 0.150. The fourth-order valence-corrected chi connectivity index (χ4v) is 4.57. The number of benzene rings is 1. The lowest BCUT2D eigenvalue weighted by atomic mass is 10.1. The van der Waals surface area contributed by atoms with Gasteiger partial charge in [-0.15, -0.1) is 11.3 Å². The van der Waals surface area contributed by atoms with Crippen LogP contribution in [0.1, 0.15) is 25.7 Å². The number of nitrogens with zero attached hydrogens (tertiary/aromatic N) is 2. The SMILES string of the molecule is Cc1sc(C(=O)Nc2cc(Cl)cc(NS(C)(=O)=O)c2)cc1-c1ncc(C(F)(F)F)cc1C#N. The molecule has 2 heterocycles. The second kappa shape index (κ2) is 9.01. The van der Waals surface area contributed by atoms with Crippen molar-refractivity contribution in [1.82, 2.24) is 4.98 Å². The van der Waals surface area contributed by atoms with Crippen LogP contribution in [0, 0.1) is 18.3 Å². The number of rotatable bonds is 5. The molecule has 0 atom stereocenters. The summed E-state index contributed by atoms with van der Waals surface area (Å²) in [6.45, 7) is 1.64. The molecule has 33 heavy (non-hydrogen) atoms. The van der Waals surface area contributed by atoms with E-state index < -0.39 is 27.7 Å². The van der Waals surface area contributed by atoms with Crippen LogP contribution in [0.2, 0.25) is 5.02 Å². The van der Waals surface area contributed by atoms with Crippen LogP contribution in [0.4, 0.5) is 24.5 Å².